The SMILES string of the molecule is Cc1ccc2c3c(c[nH]c13)CCC2N. The fourth-order valence-electron chi connectivity index (χ4n) is 2.46. The van der Waals surface area contributed by atoms with Crippen LogP contribution in [0.25, 0.3) is 10.9 Å². The number of rotatable bonds is 0. The van der Waals surface area contributed by atoms with E-state index in [1.54, 1.807) is 0 Å². The van der Waals surface area contributed by atoms with Crippen LogP contribution in [0.1, 0.15) is 29.2 Å². The van der Waals surface area contributed by atoms with Gasteiger partial charge < -0.3 is 10.7 Å². The third kappa shape index (κ3) is 0.891. The van der Waals surface area contributed by atoms with E-state index >= 15 is 0 Å². The van der Waals surface area contributed by atoms with Crippen molar-refractivity contribution in [1.82, 2.24) is 4.98 Å². The maximum absolute atomic E-state index is 6.10. The maximum atomic E-state index is 6.10. The van der Waals surface area contributed by atoms with Gasteiger partial charge in [-0.3, -0.25) is 0 Å². The summed E-state index contributed by atoms with van der Waals surface area (Å²) in [5.41, 5.74) is 11.4. The third-order valence-electron chi connectivity index (χ3n) is 3.28. The molecule has 1 aliphatic rings. The standard InChI is InChI=1S/C12H14N2/c1-7-2-4-9-10(13)5-3-8-6-14-12(7)11(8)9/h2,4,6,10,14H,3,5,13H2,1H3. The largest absolute Gasteiger partial charge is 0.361 e. The molecule has 3 N–H and O–H groups in total. The van der Waals surface area contributed by atoms with Gasteiger partial charge in [0.05, 0.1) is 0 Å². The molecule has 1 aromatic carbocycles. The first kappa shape index (κ1) is 8.06. The molecular formula is C12H14N2. The summed E-state index contributed by atoms with van der Waals surface area (Å²) in [6.07, 6.45) is 4.31. The van der Waals surface area contributed by atoms with Crippen molar-refractivity contribution >= 4 is 10.9 Å². The number of hydrogen-bond acceptors (Lipinski definition) is 1. The molecule has 3 rings (SSSR count). The molecule has 0 amide bonds. The highest BCUT2D eigenvalue weighted by Crippen LogP contribution is 2.35. The highest BCUT2D eigenvalue weighted by Gasteiger charge is 2.20. The second-order valence-corrected chi connectivity index (χ2v) is 4.18. The smallest absolute Gasteiger partial charge is 0.0489 e. The quantitative estimate of drug-likeness (QED) is 0.652. The van der Waals surface area contributed by atoms with Gasteiger partial charge in [0.2, 0.25) is 0 Å². The summed E-state index contributed by atoms with van der Waals surface area (Å²) in [6, 6.07) is 4.56. The van der Waals surface area contributed by atoms with Crippen molar-refractivity contribution in [2.24, 2.45) is 5.73 Å². The number of H-pyrrole nitrogens is 1. The highest BCUT2D eigenvalue weighted by molar-refractivity contribution is 5.90. The van der Waals surface area contributed by atoms with E-state index in [1.807, 2.05) is 0 Å². The van der Waals surface area contributed by atoms with E-state index in [0.717, 1.165) is 12.8 Å². The van der Waals surface area contributed by atoms with Crippen LogP contribution in [0.4, 0.5) is 0 Å². The maximum Gasteiger partial charge on any atom is 0.0489 e. The summed E-state index contributed by atoms with van der Waals surface area (Å²) in [4.78, 5) is 3.35. The molecule has 2 heteroatoms. The summed E-state index contributed by atoms with van der Waals surface area (Å²) >= 11 is 0. The molecule has 0 saturated heterocycles. The number of hydrogen-bond donors (Lipinski definition) is 2. The van der Waals surface area contributed by atoms with E-state index < -0.39 is 0 Å². The minimum absolute atomic E-state index is 0.224. The zero-order valence-corrected chi connectivity index (χ0v) is 8.30. The van der Waals surface area contributed by atoms with Crippen LogP contribution in [-0.4, -0.2) is 4.98 Å². The topological polar surface area (TPSA) is 41.8 Å². The monoisotopic (exact) mass is 186 g/mol. The van der Waals surface area contributed by atoms with Crippen LogP contribution in [0.15, 0.2) is 18.3 Å². The van der Waals surface area contributed by atoms with Gasteiger partial charge in [-0.05, 0) is 36.5 Å². The van der Waals surface area contributed by atoms with Crippen molar-refractivity contribution in [3.05, 3.63) is 35.0 Å². The normalized spacial score (nSPS) is 20.3. The van der Waals surface area contributed by atoms with Crippen LogP contribution in [0, 0.1) is 6.92 Å². The first-order valence-corrected chi connectivity index (χ1v) is 5.12. The summed E-state index contributed by atoms with van der Waals surface area (Å²) in [7, 11) is 0. The van der Waals surface area contributed by atoms with Gasteiger partial charge in [0.25, 0.3) is 0 Å². The van der Waals surface area contributed by atoms with Crippen molar-refractivity contribution in [1.29, 1.82) is 0 Å². The molecule has 0 saturated carbocycles. The highest BCUT2D eigenvalue weighted by atomic mass is 14.7. The van der Waals surface area contributed by atoms with Crippen LogP contribution in [-0.2, 0) is 6.42 Å². The van der Waals surface area contributed by atoms with Crippen molar-refractivity contribution in [2.75, 3.05) is 0 Å². The van der Waals surface area contributed by atoms with Gasteiger partial charge in [-0.15, -0.1) is 0 Å². The average Bonchev–Trinajstić information content (AvgIpc) is 2.60. The lowest BCUT2D eigenvalue weighted by Crippen LogP contribution is -2.15. The molecule has 72 valence electrons. The van der Waals surface area contributed by atoms with Crippen molar-refractivity contribution in [2.45, 2.75) is 25.8 Å². The van der Waals surface area contributed by atoms with Gasteiger partial charge in [0.15, 0.2) is 0 Å². The number of nitrogens with two attached hydrogens (primary N) is 1. The van der Waals surface area contributed by atoms with Gasteiger partial charge in [-0.1, -0.05) is 12.1 Å². The lowest BCUT2D eigenvalue weighted by Gasteiger charge is -2.19. The molecule has 14 heavy (non-hydrogen) atoms. The van der Waals surface area contributed by atoms with Gasteiger partial charge in [0, 0.05) is 23.1 Å². The van der Waals surface area contributed by atoms with Gasteiger partial charge in [0.1, 0.15) is 0 Å². The van der Waals surface area contributed by atoms with Crippen molar-refractivity contribution in [3.63, 3.8) is 0 Å². The molecule has 1 aromatic heterocycles. The number of aromatic amines is 1. The Hall–Kier alpha value is -1.28. The lowest BCUT2D eigenvalue weighted by atomic mass is 9.88. The Morgan fingerprint density at radius 1 is 1.43 bits per heavy atom. The van der Waals surface area contributed by atoms with Crippen LogP contribution in [0.5, 0.6) is 0 Å². The third-order valence-corrected chi connectivity index (χ3v) is 3.28. The van der Waals surface area contributed by atoms with Crippen molar-refractivity contribution in [3.8, 4) is 0 Å². The van der Waals surface area contributed by atoms with E-state index in [1.165, 1.54) is 27.6 Å². The molecule has 1 aliphatic carbocycles. The zero-order chi connectivity index (χ0) is 9.71. The van der Waals surface area contributed by atoms with Crippen LogP contribution < -0.4 is 5.73 Å². The molecule has 2 aromatic rings. The minimum atomic E-state index is 0.224. The Labute approximate surface area is 83.1 Å². The number of aryl methyl sites for hydroxylation is 2. The summed E-state index contributed by atoms with van der Waals surface area (Å²) < 4.78 is 0. The van der Waals surface area contributed by atoms with Crippen LogP contribution in [0.3, 0.4) is 0 Å². The van der Waals surface area contributed by atoms with Gasteiger partial charge in [-0.2, -0.15) is 0 Å². The molecule has 1 atom stereocenters. The second-order valence-electron chi connectivity index (χ2n) is 4.18. The average molecular weight is 186 g/mol. The summed E-state index contributed by atoms with van der Waals surface area (Å²) in [5.74, 6) is 0. The Kier molecular flexibility index (Phi) is 1.50. The molecular weight excluding hydrogens is 172 g/mol. The summed E-state index contributed by atoms with van der Waals surface area (Å²) in [5, 5.41) is 1.38. The molecule has 0 bridgehead atoms. The van der Waals surface area contributed by atoms with E-state index in [9.17, 15) is 0 Å². The van der Waals surface area contributed by atoms with E-state index in [2.05, 4.69) is 30.2 Å². The molecule has 0 spiro atoms. The predicted octanol–water partition coefficient (Wildman–Crippen LogP) is 2.42. The van der Waals surface area contributed by atoms with E-state index in [-0.39, 0.29) is 6.04 Å². The fourth-order valence-corrected chi connectivity index (χ4v) is 2.46. The van der Waals surface area contributed by atoms with Gasteiger partial charge in [-0.25, -0.2) is 0 Å². The number of benzene rings is 1. The molecule has 1 unspecified atom stereocenters. The fraction of sp³-hybridized carbons (Fsp3) is 0.333. The number of aromatic nitrogens is 1. The zero-order valence-electron chi connectivity index (χ0n) is 8.30. The molecule has 0 aliphatic heterocycles. The first-order chi connectivity index (χ1) is 6.77. The molecule has 0 radical (unpaired) electrons. The Morgan fingerprint density at radius 3 is 3.14 bits per heavy atom. The van der Waals surface area contributed by atoms with Crippen LogP contribution in [0.2, 0.25) is 0 Å². The molecule has 0 fully saturated rings. The first-order valence-electron chi connectivity index (χ1n) is 5.12. The van der Waals surface area contributed by atoms with Crippen molar-refractivity contribution < 1.29 is 0 Å². The van der Waals surface area contributed by atoms with E-state index in [0.29, 0.717) is 0 Å². The Balaban J connectivity index is 2.46. The molecule has 1 heterocycles. The predicted molar refractivity (Wildman–Crippen MR) is 58.3 cm³/mol. The second kappa shape index (κ2) is 2.61. The summed E-state index contributed by atoms with van der Waals surface area (Å²) in [6.45, 7) is 2.14. The van der Waals surface area contributed by atoms with E-state index in [4.69, 9.17) is 5.73 Å². The number of nitrogens with one attached hydrogen (secondary N) is 1. The molecule has 2 nitrogen and oxygen atoms in total. The van der Waals surface area contributed by atoms with Gasteiger partial charge >= 0.3 is 0 Å². The Bertz CT molecular complexity index is 496. The van der Waals surface area contributed by atoms with Crippen LogP contribution >= 0.6 is 0 Å². The Morgan fingerprint density at radius 2 is 2.29 bits per heavy atom. The lowest BCUT2D eigenvalue weighted by molar-refractivity contribution is 0.643. The minimum Gasteiger partial charge on any atom is -0.361 e.